The van der Waals surface area contributed by atoms with Crippen LogP contribution < -0.4 is 10.6 Å². The summed E-state index contributed by atoms with van der Waals surface area (Å²) >= 11 is 9.16. The van der Waals surface area contributed by atoms with Crippen molar-refractivity contribution in [3.63, 3.8) is 0 Å². The van der Waals surface area contributed by atoms with E-state index in [0.717, 1.165) is 27.8 Å². The van der Waals surface area contributed by atoms with Gasteiger partial charge in [0.1, 0.15) is 5.82 Å². The van der Waals surface area contributed by atoms with Gasteiger partial charge in [0.15, 0.2) is 10.1 Å². The Morgan fingerprint density at radius 1 is 1.31 bits per heavy atom. The molecule has 2 aromatic rings. The van der Waals surface area contributed by atoms with Crippen LogP contribution in [0.3, 0.4) is 0 Å². The van der Waals surface area contributed by atoms with Gasteiger partial charge in [-0.25, -0.2) is 0 Å². The zero-order valence-electron chi connectivity index (χ0n) is 18.2. The van der Waals surface area contributed by atoms with Crippen LogP contribution in [0.1, 0.15) is 51.5 Å². The van der Waals surface area contributed by atoms with Gasteiger partial charge in [-0.05, 0) is 36.0 Å². The molecule has 2 heterocycles. The Morgan fingerprint density at radius 3 is 2.69 bits per heavy atom. The van der Waals surface area contributed by atoms with E-state index in [0.29, 0.717) is 40.0 Å². The fraction of sp³-hybridized carbons (Fsp3) is 0.391. The Bertz CT molecular complexity index is 1160. The van der Waals surface area contributed by atoms with Crippen LogP contribution in [0.15, 0.2) is 51.3 Å². The quantitative estimate of drug-likeness (QED) is 0.547. The number of nitrogens with zero attached hydrogens (tertiary/aromatic N) is 4. The molecule has 0 amide bonds. The number of ketones is 1. The lowest BCUT2D eigenvalue weighted by Gasteiger charge is -2.42. The highest BCUT2D eigenvalue weighted by molar-refractivity contribution is 8.01. The van der Waals surface area contributed by atoms with Gasteiger partial charge < -0.3 is 5.73 Å². The maximum absolute atomic E-state index is 13.5. The van der Waals surface area contributed by atoms with Crippen molar-refractivity contribution in [3.05, 3.63) is 57.5 Å². The number of carbonyl (C=O) groups is 1. The molecule has 0 saturated carbocycles. The fourth-order valence-electron chi connectivity index (χ4n) is 4.26. The van der Waals surface area contributed by atoms with Crippen molar-refractivity contribution in [2.24, 2.45) is 11.1 Å². The Hall–Kier alpha value is -2.34. The van der Waals surface area contributed by atoms with E-state index in [4.69, 9.17) is 17.3 Å². The van der Waals surface area contributed by atoms with Gasteiger partial charge in [0.2, 0.25) is 5.13 Å². The van der Waals surface area contributed by atoms with Crippen LogP contribution >= 0.6 is 34.7 Å². The van der Waals surface area contributed by atoms with E-state index < -0.39 is 5.92 Å². The Morgan fingerprint density at radius 2 is 2.03 bits per heavy atom. The molecule has 2 aliphatic rings. The van der Waals surface area contributed by atoms with Crippen LogP contribution in [-0.2, 0) is 4.79 Å². The molecular formula is C23H24ClN5OS2. The summed E-state index contributed by atoms with van der Waals surface area (Å²) in [4.78, 5) is 15.3. The summed E-state index contributed by atoms with van der Waals surface area (Å²) in [6, 6.07) is 9.53. The van der Waals surface area contributed by atoms with Gasteiger partial charge in [-0.15, -0.1) is 10.2 Å². The van der Waals surface area contributed by atoms with Gasteiger partial charge in [0.05, 0.1) is 17.6 Å². The van der Waals surface area contributed by atoms with Gasteiger partial charge >= 0.3 is 0 Å². The van der Waals surface area contributed by atoms with Crippen molar-refractivity contribution < 1.29 is 4.79 Å². The summed E-state index contributed by atoms with van der Waals surface area (Å²) in [5, 5.41) is 20.0. The summed E-state index contributed by atoms with van der Waals surface area (Å²) in [6.07, 6.45) is 2.09. The second kappa shape index (κ2) is 8.89. The number of aromatic nitrogens is 2. The molecule has 1 atom stereocenters. The first-order valence-corrected chi connectivity index (χ1v) is 12.6. The van der Waals surface area contributed by atoms with Crippen LogP contribution in [0.5, 0.6) is 0 Å². The predicted molar refractivity (Wildman–Crippen MR) is 129 cm³/mol. The second-order valence-corrected chi connectivity index (χ2v) is 11.5. The molecule has 1 aliphatic heterocycles. The number of nitrogens with two attached hydrogens (primary N) is 1. The van der Waals surface area contributed by atoms with Gasteiger partial charge in [-0.1, -0.05) is 67.6 Å². The van der Waals surface area contributed by atoms with Crippen LogP contribution in [0.4, 0.5) is 5.13 Å². The van der Waals surface area contributed by atoms with Crippen molar-refractivity contribution >= 4 is 45.6 Å². The molecule has 0 fully saturated rings. The third kappa shape index (κ3) is 4.17. The van der Waals surface area contributed by atoms with E-state index in [2.05, 4.69) is 37.0 Å². The lowest BCUT2D eigenvalue weighted by Crippen LogP contribution is -2.42. The summed E-state index contributed by atoms with van der Waals surface area (Å²) in [7, 11) is 0. The molecule has 166 valence electrons. The largest absolute Gasteiger partial charge is 0.384 e. The van der Waals surface area contributed by atoms with Crippen LogP contribution in [-0.4, -0.2) is 21.7 Å². The standard InChI is InChI=1S/C23H24ClN5OS2/c1-4-9-31-22-28-27-21(32-22)29-16-10-23(2,3)11-17(30)19(16)18(15(12-25)20(29)26)13-5-7-14(24)8-6-13/h5-8,18H,4,9-11,26H2,1-3H3. The number of thioether (sulfide) groups is 1. The minimum atomic E-state index is -0.519. The molecule has 0 saturated heterocycles. The summed E-state index contributed by atoms with van der Waals surface area (Å²) in [5.41, 5.74) is 8.99. The summed E-state index contributed by atoms with van der Waals surface area (Å²) in [6.45, 7) is 6.27. The number of halogens is 1. The van der Waals surface area contributed by atoms with E-state index in [1.807, 2.05) is 12.1 Å². The van der Waals surface area contributed by atoms with Gasteiger partial charge in [0.25, 0.3) is 0 Å². The number of anilines is 1. The van der Waals surface area contributed by atoms with Crippen LogP contribution in [0.25, 0.3) is 0 Å². The molecular weight excluding hydrogens is 462 g/mol. The smallest absolute Gasteiger partial charge is 0.219 e. The average molecular weight is 486 g/mol. The molecule has 6 nitrogen and oxygen atoms in total. The first kappa shape index (κ1) is 22.8. The topological polar surface area (TPSA) is 95.9 Å². The third-order valence-electron chi connectivity index (χ3n) is 5.60. The number of hydrogen-bond acceptors (Lipinski definition) is 8. The molecule has 4 rings (SSSR count). The van der Waals surface area contributed by atoms with Crippen molar-refractivity contribution in [3.8, 4) is 6.07 Å². The highest BCUT2D eigenvalue weighted by atomic mass is 35.5. The highest BCUT2D eigenvalue weighted by Gasteiger charge is 2.45. The Labute approximate surface area is 201 Å². The number of nitriles is 1. The van der Waals surface area contributed by atoms with E-state index in [-0.39, 0.29) is 11.2 Å². The van der Waals surface area contributed by atoms with Gasteiger partial charge in [-0.2, -0.15) is 5.26 Å². The first-order chi connectivity index (χ1) is 15.3. The SMILES string of the molecule is CCCSc1nnc(N2C(N)=C(C#N)C(c3ccc(Cl)cc3)C3=C2CC(C)(C)CC3=O)s1. The number of rotatable bonds is 5. The lowest BCUT2D eigenvalue weighted by atomic mass is 9.69. The molecule has 2 N–H and O–H groups in total. The highest BCUT2D eigenvalue weighted by Crippen LogP contribution is 2.50. The van der Waals surface area contributed by atoms with Gasteiger partial charge in [0, 0.05) is 28.5 Å². The van der Waals surface area contributed by atoms with Crippen LogP contribution in [0, 0.1) is 16.7 Å². The fourth-order valence-corrected chi connectivity index (χ4v) is 6.19. The number of hydrogen-bond donors (Lipinski definition) is 1. The molecule has 32 heavy (non-hydrogen) atoms. The van der Waals surface area contributed by atoms with E-state index in [9.17, 15) is 10.1 Å². The minimum Gasteiger partial charge on any atom is -0.384 e. The normalized spacial score (nSPS) is 20.4. The van der Waals surface area contributed by atoms with Crippen molar-refractivity contribution in [1.82, 2.24) is 10.2 Å². The number of allylic oxidation sites excluding steroid dienone is 3. The van der Waals surface area contributed by atoms with E-state index in [1.54, 1.807) is 28.8 Å². The predicted octanol–water partition coefficient (Wildman–Crippen LogP) is 5.63. The van der Waals surface area contributed by atoms with Crippen LogP contribution in [0.2, 0.25) is 5.02 Å². The lowest BCUT2D eigenvalue weighted by molar-refractivity contribution is -0.118. The average Bonchev–Trinajstić information content (AvgIpc) is 3.19. The Kier molecular flexibility index (Phi) is 6.35. The van der Waals surface area contributed by atoms with Gasteiger partial charge in [-0.3, -0.25) is 9.69 Å². The maximum Gasteiger partial charge on any atom is 0.219 e. The number of carbonyl (C=O) groups excluding carboxylic acids is 1. The second-order valence-electron chi connectivity index (χ2n) is 8.73. The van der Waals surface area contributed by atoms with Crippen molar-refractivity contribution in [2.45, 2.75) is 50.3 Å². The molecule has 9 heteroatoms. The summed E-state index contributed by atoms with van der Waals surface area (Å²) < 4.78 is 0.844. The zero-order valence-corrected chi connectivity index (χ0v) is 20.6. The first-order valence-electron chi connectivity index (χ1n) is 10.4. The molecule has 1 aromatic carbocycles. The third-order valence-corrected chi connectivity index (χ3v) is 8.10. The monoisotopic (exact) mass is 485 g/mol. The zero-order chi connectivity index (χ0) is 23.0. The minimum absolute atomic E-state index is 0.0338. The van der Waals surface area contributed by atoms with E-state index in [1.165, 1.54) is 11.3 Å². The molecule has 1 aliphatic carbocycles. The maximum atomic E-state index is 13.5. The number of Topliss-reactive ketones (excluding diaryl/α,β-unsaturated/α-hetero) is 1. The van der Waals surface area contributed by atoms with E-state index >= 15 is 0 Å². The molecule has 1 unspecified atom stereocenters. The molecule has 0 bridgehead atoms. The van der Waals surface area contributed by atoms with Crippen molar-refractivity contribution in [1.29, 1.82) is 5.26 Å². The Balaban J connectivity index is 1.90. The summed E-state index contributed by atoms with van der Waals surface area (Å²) in [5.74, 6) is 0.766. The molecule has 0 spiro atoms. The number of benzene rings is 1. The molecule has 1 aromatic heterocycles. The molecule has 0 radical (unpaired) electrons. The van der Waals surface area contributed by atoms with Crippen molar-refractivity contribution in [2.75, 3.05) is 10.7 Å².